The number of carbonyl (C=O) groups excluding carboxylic acids is 1. The molecule has 0 aliphatic heterocycles. The van der Waals surface area contributed by atoms with Gasteiger partial charge in [-0.1, -0.05) is 46.2 Å². The fourth-order valence-corrected chi connectivity index (χ4v) is 2.60. The van der Waals surface area contributed by atoms with Gasteiger partial charge in [-0.2, -0.15) is 0 Å². The minimum Gasteiger partial charge on any atom is -0.457 e. The summed E-state index contributed by atoms with van der Waals surface area (Å²) in [6.07, 6.45) is 2.22. The summed E-state index contributed by atoms with van der Waals surface area (Å²) in [5.74, 6) is 0.384. The van der Waals surface area contributed by atoms with Crippen LogP contribution < -0.4 is 10.5 Å². The highest BCUT2D eigenvalue weighted by atomic mass is 19.1. The van der Waals surface area contributed by atoms with Gasteiger partial charge in [0.15, 0.2) is 0 Å². The lowest BCUT2D eigenvalue weighted by molar-refractivity contribution is 0.0730. The number of nitrogens with zero attached hydrogens (tertiary/aromatic N) is 2. The lowest BCUT2D eigenvalue weighted by Gasteiger charge is -2.25. The van der Waals surface area contributed by atoms with E-state index in [1.807, 2.05) is 26.8 Å². The predicted octanol–water partition coefficient (Wildman–Crippen LogP) is 6.49. The second kappa shape index (κ2) is 13.9. The standard InChI is InChI=1S/C21H20FN3O2.C3H8.C2H6/c1-14-6-9-17(27-16-10-7-15(22)8-11-16)13-18(14)21(26)25(2)20(23)19-5-3-4-12-24-19;1-3-2;1-2/h3-13,20H,23H2,1-2H3;3H2,1-2H3;1-2H3. The van der Waals surface area contributed by atoms with Crippen LogP contribution in [0.25, 0.3) is 0 Å². The Bertz CT molecular complexity index is 947. The minimum atomic E-state index is -0.667. The molecule has 3 rings (SSSR count). The number of amides is 1. The first-order chi connectivity index (χ1) is 15.4. The zero-order valence-corrected chi connectivity index (χ0v) is 19.8. The number of pyridine rings is 1. The van der Waals surface area contributed by atoms with E-state index in [1.54, 1.807) is 43.6 Å². The van der Waals surface area contributed by atoms with Gasteiger partial charge in [0.25, 0.3) is 5.91 Å². The van der Waals surface area contributed by atoms with E-state index in [0.717, 1.165) is 5.56 Å². The molecule has 5 nitrogen and oxygen atoms in total. The van der Waals surface area contributed by atoms with Gasteiger partial charge >= 0.3 is 0 Å². The van der Waals surface area contributed by atoms with Crippen LogP contribution in [0, 0.1) is 12.7 Å². The van der Waals surface area contributed by atoms with Crippen LogP contribution in [0.3, 0.4) is 0 Å². The van der Waals surface area contributed by atoms with Crippen molar-refractivity contribution < 1.29 is 13.9 Å². The third-order valence-electron chi connectivity index (χ3n) is 4.22. The van der Waals surface area contributed by atoms with E-state index in [-0.39, 0.29) is 11.7 Å². The molecule has 0 bridgehead atoms. The molecule has 3 aromatic rings. The molecule has 0 fully saturated rings. The first kappa shape index (κ1) is 26.8. The molecule has 2 N–H and O–H groups in total. The van der Waals surface area contributed by atoms with Gasteiger partial charge in [0.05, 0.1) is 5.69 Å². The predicted molar refractivity (Wildman–Crippen MR) is 128 cm³/mol. The van der Waals surface area contributed by atoms with Gasteiger partial charge in [0, 0.05) is 18.8 Å². The van der Waals surface area contributed by atoms with Crippen LogP contribution in [0.1, 0.15) is 61.9 Å². The molecule has 0 spiro atoms. The van der Waals surface area contributed by atoms with E-state index in [0.29, 0.717) is 22.8 Å². The number of aromatic nitrogens is 1. The second-order valence-corrected chi connectivity index (χ2v) is 6.86. The number of carbonyl (C=O) groups is 1. The number of ether oxygens (including phenoxy) is 1. The van der Waals surface area contributed by atoms with Gasteiger partial charge in [-0.15, -0.1) is 0 Å². The van der Waals surface area contributed by atoms with E-state index in [1.165, 1.54) is 35.6 Å². The molecule has 172 valence electrons. The number of benzene rings is 2. The zero-order chi connectivity index (χ0) is 24.1. The Morgan fingerprint density at radius 2 is 1.66 bits per heavy atom. The molecule has 1 heterocycles. The fourth-order valence-electron chi connectivity index (χ4n) is 2.60. The summed E-state index contributed by atoms with van der Waals surface area (Å²) in [4.78, 5) is 18.6. The molecule has 0 aliphatic carbocycles. The van der Waals surface area contributed by atoms with Crippen molar-refractivity contribution in [1.82, 2.24) is 9.88 Å². The summed E-state index contributed by atoms with van der Waals surface area (Å²) in [5.41, 5.74) is 8.05. The molecule has 1 aromatic heterocycles. The molecule has 6 heteroatoms. The molecule has 0 saturated heterocycles. The second-order valence-electron chi connectivity index (χ2n) is 6.86. The maximum atomic E-state index is 13.0. The smallest absolute Gasteiger partial charge is 0.255 e. The van der Waals surface area contributed by atoms with Gasteiger partial charge in [-0.25, -0.2) is 4.39 Å². The summed E-state index contributed by atoms with van der Waals surface area (Å²) < 4.78 is 18.8. The van der Waals surface area contributed by atoms with Crippen LogP contribution >= 0.6 is 0 Å². The number of halogens is 1. The van der Waals surface area contributed by atoms with Crippen molar-refractivity contribution in [1.29, 1.82) is 0 Å². The number of hydrogen-bond acceptors (Lipinski definition) is 4. The van der Waals surface area contributed by atoms with E-state index < -0.39 is 6.17 Å². The average Bonchev–Trinajstić information content (AvgIpc) is 2.82. The first-order valence-electron chi connectivity index (χ1n) is 10.8. The number of aryl methyl sites for hydroxylation is 1. The molecule has 1 unspecified atom stereocenters. The fraction of sp³-hybridized carbons (Fsp3) is 0.308. The first-order valence-corrected chi connectivity index (χ1v) is 10.8. The third kappa shape index (κ3) is 7.78. The third-order valence-corrected chi connectivity index (χ3v) is 4.22. The summed E-state index contributed by atoms with van der Waals surface area (Å²) in [6.45, 7) is 10.1. The Hall–Kier alpha value is -3.25. The van der Waals surface area contributed by atoms with Crippen LogP contribution in [0.4, 0.5) is 4.39 Å². The number of hydrogen-bond donors (Lipinski definition) is 1. The highest BCUT2D eigenvalue weighted by Crippen LogP contribution is 2.26. The highest BCUT2D eigenvalue weighted by molar-refractivity contribution is 5.96. The van der Waals surface area contributed by atoms with Crippen molar-refractivity contribution in [2.24, 2.45) is 5.73 Å². The normalized spacial score (nSPS) is 10.6. The molecular weight excluding hydrogens is 405 g/mol. The average molecular weight is 440 g/mol. The van der Waals surface area contributed by atoms with Crippen LogP contribution in [0.2, 0.25) is 0 Å². The van der Waals surface area contributed by atoms with Crippen LogP contribution in [0.5, 0.6) is 11.5 Å². The molecular formula is C26H34FN3O2. The lowest BCUT2D eigenvalue weighted by atomic mass is 10.1. The van der Waals surface area contributed by atoms with E-state index in [9.17, 15) is 9.18 Å². The van der Waals surface area contributed by atoms with Crippen molar-refractivity contribution in [3.8, 4) is 11.5 Å². The Balaban J connectivity index is 0.000000944. The van der Waals surface area contributed by atoms with Gasteiger partial charge in [0.1, 0.15) is 23.5 Å². The Labute approximate surface area is 191 Å². The lowest BCUT2D eigenvalue weighted by Crippen LogP contribution is -2.37. The number of nitrogens with two attached hydrogens (primary N) is 1. The maximum absolute atomic E-state index is 13.0. The SMILES string of the molecule is CC.CCC.Cc1ccc(Oc2ccc(F)cc2)cc1C(=O)N(C)C(N)c1ccccn1. The van der Waals surface area contributed by atoms with Crippen LogP contribution in [-0.2, 0) is 0 Å². The van der Waals surface area contributed by atoms with Crippen molar-refractivity contribution in [3.63, 3.8) is 0 Å². The van der Waals surface area contributed by atoms with Gasteiger partial charge in [-0.3, -0.25) is 9.78 Å². The monoisotopic (exact) mass is 439 g/mol. The van der Waals surface area contributed by atoms with Crippen LogP contribution in [0.15, 0.2) is 66.9 Å². The Morgan fingerprint density at radius 3 is 2.22 bits per heavy atom. The van der Waals surface area contributed by atoms with E-state index in [4.69, 9.17) is 10.5 Å². The summed E-state index contributed by atoms with van der Waals surface area (Å²) >= 11 is 0. The number of rotatable bonds is 5. The molecule has 2 aromatic carbocycles. The maximum Gasteiger partial charge on any atom is 0.255 e. The van der Waals surface area contributed by atoms with Gasteiger partial charge < -0.3 is 15.4 Å². The van der Waals surface area contributed by atoms with Gasteiger partial charge in [0.2, 0.25) is 0 Å². The quantitative estimate of drug-likeness (QED) is 0.461. The molecule has 0 aliphatic rings. The topological polar surface area (TPSA) is 68.5 Å². The summed E-state index contributed by atoms with van der Waals surface area (Å²) in [6, 6.07) is 16.3. The summed E-state index contributed by atoms with van der Waals surface area (Å²) in [7, 11) is 1.63. The van der Waals surface area contributed by atoms with Gasteiger partial charge in [-0.05, 0) is 61.0 Å². The minimum absolute atomic E-state index is 0.241. The molecule has 0 radical (unpaired) electrons. The largest absolute Gasteiger partial charge is 0.457 e. The van der Waals surface area contributed by atoms with Crippen LogP contribution in [-0.4, -0.2) is 22.8 Å². The van der Waals surface area contributed by atoms with Crippen molar-refractivity contribution in [2.45, 2.75) is 47.2 Å². The molecule has 1 amide bonds. The summed E-state index contributed by atoms with van der Waals surface area (Å²) in [5, 5.41) is 0. The molecule has 32 heavy (non-hydrogen) atoms. The Morgan fingerprint density at radius 1 is 1.06 bits per heavy atom. The van der Waals surface area contributed by atoms with Crippen molar-refractivity contribution in [3.05, 3.63) is 89.5 Å². The zero-order valence-electron chi connectivity index (χ0n) is 19.8. The molecule has 1 atom stereocenters. The van der Waals surface area contributed by atoms with Crippen molar-refractivity contribution in [2.75, 3.05) is 7.05 Å². The Kier molecular flexibility index (Phi) is 11.7. The van der Waals surface area contributed by atoms with E-state index in [2.05, 4.69) is 18.8 Å². The van der Waals surface area contributed by atoms with Crippen molar-refractivity contribution >= 4 is 5.91 Å². The highest BCUT2D eigenvalue weighted by Gasteiger charge is 2.22. The molecule has 0 saturated carbocycles. The van der Waals surface area contributed by atoms with E-state index >= 15 is 0 Å².